The van der Waals surface area contributed by atoms with Crippen molar-refractivity contribution in [1.29, 1.82) is 5.26 Å². The molecule has 1 heterocycles. The number of alkyl carbamates (subject to hydrolysis) is 1. The number of hydrogen-bond acceptors (Lipinski definition) is 5. The highest BCUT2D eigenvalue weighted by Crippen LogP contribution is 2.48. The van der Waals surface area contributed by atoms with E-state index in [1.165, 1.54) is 0 Å². The maximum Gasteiger partial charge on any atom is 0.408 e. The Hall–Kier alpha value is -1.81. The van der Waals surface area contributed by atoms with Gasteiger partial charge in [-0.05, 0) is 64.7 Å². The molecule has 3 rings (SSSR count). The lowest BCUT2D eigenvalue weighted by Gasteiger charge is -2.35. The van der Waals surface area contributed by atoms with Gasteiger partial charge in [0.2, 0.25) is 5.91 Å². The fraction of sp³-hybridized carbons (Fsp3) is 0.870. The van der Waals surface area contributed by atoms with E-state index in [9.17, 15) is 20.0 Å². The van der Waals surface area contributed by atoms with Gasteiger partial charge in [0.25, 0.3) is 0 Å². The average molecular weight is 424 g/mol. The summed E-state index contributed by atoms with van der Waals surface area (Å²) < 4.78 is 5.40. The molecular formula is C23H41N3O4. The van der Waals surface area contributed by atoms with Gasteiger partial charge in [-0.1, -0.05) is 34.1 Å². The minimum atomic E-state index is -0.766. The van der Waals surface area contributed by atoms with Gasteiger partial charge in [0.05, 0.1) is 12.2 Å². The smallest absolute Gasteiger partial charge is 0.408 e. The van der Waals surface area contributed by atoms with Crippen molar-refractivity contribution in [2.75, 3.05) is 0 Å². The molecule has 3 fully saturated rings. The second-order valence-corrected chi connectivity index (χ2v) is 9.60. The van der Waals surface area contributed by atoms with Crippen molar-refractivity contribution >= 4 is 12.0 Å². The van der Waals surface area contributed by atoms with E-state index in [-0.39, 0.29) is 32.7 Å². The Morgan fingerprint density at radius 3 is 2.43 bits per heavy atom. The Balaban J connectivity index is 0.00000225. The van der Waals surface area contributed by atoms with Crippen LogP contribution in [0.2, 0.25) is 0 Å². The number of nitriles is 1. The van der Waals surface area contributed by atoms with Crippen molar-refractivity contribution < 1.29 is 19.4 Å². The zero-order valence-corrected chi connectivity index (χ0v) is 17.2. The summed E-state index contributed by atoms with van der Waals surface area (Å²) in [4.78, 5) is 27.7. The molecule has 0 radical (unpaired) electrons. The molecule has 0 bridgehead atoms. The molecule has 3 aliphatic rings. The van der Waals surface area contributed by atoms with Crippen molar-refractivity contribution in [1.82, 2.24) is 10.2 Å². The number of rotatable bonds is 3. The zero-order valence-electron chi connectivity index (χ0n) is 17.2. The summed E-state index contributed by atoms with van der Waals surface area (Å²) in [6.45, 7) is 5.35. The Bertz CT molecular complexity index is 639. The third-order valence-electron chi connectivity index (χ3n) is 6.10. The lowest BCUT2D eigenvalue weighted by Crippen LogP contribution is -2.55. The number of aliphatic hydroxyl groups excluding tert-OH is 1. The maximum absolute atomic E-state index is 13.5. The van der Waals surface area contributed by atoms with Crippen LogP contribution < -0.4 is 5.32 Å². The van der Waals surface area contributed by atoms with Gasteiger partial charge in [-0.3, -0.25) is 4.79 Å². The molecule has 2 aliphatic carbocycles. The van der Waals surface area contributed by atoms with E-state index >= 15 is 0 Å². The predicted molar refractivity (Wildman–Crippen MR) is 117 cm³/mol. The number of aliphatic hydroxyl groups is 1. The van der Waals surface area contributed by atoms with Crippen molar-refractivity contribution in [3.63, 3.8) is 0 Å². The summed E-state index contributed by atoms with van der Waals surface area (Å²) in [6, 6.07) is 1.19. The molecule has 30 heavy (non-hydrogen) atoms. The first-order chi connectivity index (χ1) is 13.2. The summed E-state index contributed by atoms with van der Waals surface area (Å²) in [6.07, 6.45) is 5.49. The number of carbonyl (C=O) groups is 2. The average Bonchev–Trinajstić information content (AvgIpc) is 3.24. The highest BCUT2D eigenvalue weighted by atomic mass is 16.6. The number of nitrogens with one attached hydrogen (secondary N) is 1. The van der Waals surface area contributed by atoms with Crippen LogP contribution in [0.1, 0.15) is 87.0 Å². The van der Waals surface area contributed by atoms with Crippen LogP contribution in [0.15, 0.2) is 0 Å². The Kier molecular flexibility index (Phi) is 9.16. The van der Waals surface area contributed by atoms with Gasteiger partial charge in [0.1, 0.15) is 17.7 Å². The number of amides is 2. The zero-order chi connectivity index (χ0) is 20.5. The molecule has 172 valence electrons. The van der Waals surface area contributed by atoms with Gasteiger partial charge in [0, 0.05) is 6.04 Å². The van der Waals surface area contributed by atoms with Crippen LogP contribution in [-0.4, -0.2) is 51.8 Å². The highest BCUT2D eigenvalue weighted by molar-refractivity contribution is 5.87. The maximum atomic E-state index is 13.5. The normalized spacial score (nSPS) is 31.4. The second-order valence-electron chi connectivity index (χ2n) is 9.60. The number of ether oxygens (including phenoxy) is 1. The lowest BCUT2D eigenvalue weighted by molar-refractivity contribution is -0.136. The first-order valence-electron chi connectivity index (χ1n) is 10.6. The molecule has 1 saturated heterocycles. The Morgan fingerprint density at radius 2 is 1.80 bits per heavy atom. The van der Waals surface area contributed by atoms with Crippen LogP contribution in [0.4, 0.5) is 4.79 Å². The van der Waals surface area contributed by atoms with Gasteiger partial charge in [-0.2, -0.15) is 5.26 Å². The third kappa shape index (κ3) is 6.34. The highest BCUT2D eigenvalue weighted by Gasteiger charge is 2.55. The van der Waals surface area contributed by atoms with E-state index in [1.807, 2.05) is 0 Å². The van der Waals surface area contributed by atoms with Gasteiger partial charge >= 0.3 is 6.09 Å². The summed E-state index contributed by atoms with van der Waals surface area (Å²) in [5, 5.41) is 22.6. The monoisotopic (exact) mass is 423 g/mol. The predicted octanol–water partition coefficient (Wildman–Crippen LogP) is 4.00. The molecule has 2 amide bonds. The molecule has 6 atom stereocenters. The Labute approximate surface area is 182 Å². The van der Waals surface area contributed by atoms with E-state index < -0.39 is 29.9 Å². The number of piperidine rings is 1. The van der Waals surface area contributed by atoms with Crippen LogP contribution >= 0.6 is 0 Å². The number of hydrogen-bond donors (Lipinski definition) is 2. The van der Waals surface area contributed by atoms with Crippen molar-refractivity contribution in [3.8, 4) is 6.07 Å². The van der Waals surface area contributed by atoms with Crippen LogP contribution in [0.5, 0.6) is 0 Å². The summed E-state index contributed by atoms with van der Waals surface area (Å²) in [5.74, 6) is 0.0614. The molecule has 0 spiro atoms. The van der Waals surface area contributed by atoms with Crippen LogP contribution in [0.3, 0.4) is 0 Å². The Morgan fingerprint density at radius 1 is 1.13 bits per heavy atom. The number of nitrogens with zero attached hydrogens (tertiary/aromatic N) is 2. The first kappa shape index (κ1) is 26.2. The summed E-state index contributed by atoms with van der Waals surface area (Å²) >= 11 is 0. The van der Waals surface area contributed by atoms with Crippen LogP contribution in [-0.2, 0) is 9.53 Å². The summed E-state index contributed by atoms with van der Waals surface area (Å²) in [5.41, 5.74) is -0.664. The minimum Gasteiger partial charge on any atom is -0.444 e. The van der Waals surface area contributed by atoms with E-state index in [0.717, 1.165) is 44.9 Å². The molecule has 0 aromatic carbocycles. The largest absolute Gasteiger partial charge is 0.444 e. The second kappa shape index (κ2) is 10.5. The number of likely N-dealkylation sites (tertiary alicyclic amines) is 1. The molecule has 7 heteroatoms. The molecule has 2 saturated carbocycles. The molecular weight excluding hydrogens is 382 g/mol. The standard InChI is InChI=1S/C21H33N3O4.2CH4/c1-21(2,3)28-20(27)23-18(13-7-5-4-6-8-16(25)10-13)19(26)24-15(12-22)9-14-11-17(14)24;;/h13-18,25H,4-11H2,1-3H3,(H,23,27);2*1H4/t13?,14-,15+,16?,17+,18+;;/m1../s1. The third-order valence-corrected chi connectivity index (χ3v) is 6.10. The number of carbonyl (C=O) groups excluding carboxylic acids is 2. The summed E-state index contributed by atoms with van der Waals surface area (Å²) in [7, 11) is 0. The molecule has 0 aromatic heterocycles. The fourth-order valence-corrected chi connectivity index (χ4v) is 4.72. The van der Waals surface area contributed by atoms with E-state index in [2.05, 4.69) is 11.4 Å². The minimum absolute atomic E-state index is 0. The van der Waals surface area contributed by atoms with Crippen molar-refractivity contribution in [3.05, 3.63) is 0 Å². The molecule has 0 aromatic rings. The van der Waals surface area contributed by atoms with E-state index in [4.69, 9.17) is 4.74 Å². The quantitative estimate of drug-likeness (QED) is 0.714. The van der Waals surface area contributed by atoms with Gasteiger partial charge in [-0.15, -0.1) is 0 Å². The number of fused-ring (bicyclic) bond motifs is 1. The molecule has 7 nitrogen and oxygen atoms in total. The SMILES string of the molecule is C.C.CC(C)(C)OC(=O)N[C@H](C(=O)N1[C@H](C#N)C[C@@H]2C[C@@H]21)C1CCCCCC(O)C1. The van der Waals surface area contributed by atoms with Gasteiger partial charge in [-0.25, -0.2) is 4.79 Å². The van der Waals surface area contributed by atoms with Gasteiger partial charge in [0.15, 0.2) is 0 Å². The van der Waals surface area contributed by atoms with Crippen LogP contribution in [0, 0.1) is 23.2 Å². The van der Waals surface area contributed by atoms with Crippen molar-refractivity contribution in [2.24, 2.45) is 11.8 Å². The molecule has 1 aliphatic heterocycles. The first-order valence-corrected chi connectivity index (χ1v) is 10.6. The molecule has 2 unspecified atom stereocenters. The van der Waals surface area contributed by atoms with Crippen molar-refractivity contribution in [2.45, 2.75) is 117 Å². The lowest BCUT2D eigenvalue weighted by atomic mass is 9.84. The molecule has 2 N–H and O–H groups in total. The van der Waals surface area contributed by atoms with Crippen LogP contribution in [0.25, 0.3) is 0 Å². The topological polar surface area (TPSA) is 103 Å². The van der Waals surface area contributed by atoms with Gasteiger partial charge < -0.3 is 20.1 Å². The van der Waals surface area contributed by atoms with E-state index in [1.54, 1.807) is 25.7 Å². The van der Waals surface area contributed by atoms with E-state index in [0.29, 0.717) is 12.3 Å². The fourth-order valence-electron chi connectivity index (χ4n) is 4.72.